The predicted octanol–water partition coefficient (Wildman–Crippen LogP) is 4.55. The van der Waals surface area contributed by atoms with Crippen molar-refractivity contribution in [2.75, 3.05) is 7.11 Å². The molecule has 2 saturated carbocycles. The summed E-state index contributed by atoms with van der Waals surface area (Å²) in [4.78, 5) is 0. The standard InChI is InChI=1S/C16H28Cl2O2/c1-3-13(20-2)7-5-4-6-11-8-9-12-10-14(19)16(17,18)15(11)12/h11-15,19H,3-10H2,1-2H3. The van der Waals surface area contributed by atoms with Crippen LogP contribution < -0.4 is 0 Å². The lowest BCUT2D eigenvalue weighted by Crippen LogP contribution is -2.34. The summed E-state index contributed by atoms with van der Waals surface area (Å²) in [5.74, 6) is 1.42. The van der Waals surface area contributed by atoms with Gasteiger partial charge in [0, 0.05) is 13.0 Å². The molecule has 1 N–H and O–H groups in total. The highest BCUT2D eigenvalue weighted by atomic mass is 35.5. The normalized spacial score (nSPS) is 37.0. The smallest absolute Gasteiger partial charge is 0.147 e. The van der Waals surface area contributed by atoms with E-state index >= 15 is 0 Å². The van der Waals surface area contributed by atoms with Crippen molar-refractivity contribution in [2.24, 2.45) is 17.8 Å². The van der Waals surface area contributed by atoms with Gasteiger partial charge in [0.1, 0.15) is 4.33 Å². The van der Waals surface area contributed by atoms with E-state index in [2.05, 4.69) is 6.92 Å². The van der Waals surface area contributed by atoms with Crippen LogP contribution in [0.2, 0.25) is 0 Å². The predicted molar refractivity (Wildman–Crippen MR) is 84.3 cm³/mol. The minimum Gasteiger partial charge on any atom is -0.390 e. The maximum Gasteiger partial charge on any atom is 0.147 e. The molecule has 2 aliphatic carbocycles. The molecule has 0 aromatic rings. The Morgan fingerprint density at radius 3 is 2.70 bits per heavy atom. The zero-order chi connectivity index (χ0) is 14.8. The second-order valence-corrected chi connectivity index (χ2v) is 8.04. The first-order valence-electron chi connectivity index (χ1n) is 8.09. The van der Waals surface area contributed by atoms with Gasteiger partial charge in [-0.1, -0.05) is 49.4 Å². The number of rotatable bonds is 7. The maximum atomic E-state index is 10.0. The Hall–Kier alpha value is 0.500. The summed E-state index contributed by atoms with van der Waals surface area (Å²) in [6.45, 7) is 2.17. The quantitative estimate of drug-likeness (QED) is 0.550. The number of aliphatic hydroxyl groups excluding tert-OH is 1. The van der Waals surface area contributed by atoms with E-state index in [1.165, 1.54) is 32.1 Å². The fourth-order valence-corrected chi connectivity index (χ4v) is 5.21. The summed E-state index contributed by atoms with van der Waals surface area (Å²) in [5, 5.41) is 10.0. The van der Waals surface area contributed by atoms with Crippen LogP contribution in [0.3, 0.4) is 0 Å². The number of ether oxygens (including phenoxy) is 1. The molecule has 4 heteroatoms. The molecular weight excluding hydrogens is 295 g/mol. The van der Waals surface area contributed by atoms with E-state index in [9.17, 15) is 5.11 Å². The number of hydrogen-bond acceptors (Lipinski definition) is 2. The van der Waals surface area contributed by atoms with Crippen LogP contribution in [-0.2, 0) is 4.74 Å². The third-order valence-electron chi connectivity index (χ3n) is 5.48. The van der Waals surface area contributed by atoms with Crippen molar-refractivity contribution < 1.29 is 9.84 Å². The Balaban J connectivity index is 1.77. The average Bonchev–Trinajstić information content (AvgIpc) is 2.91. The summed E-state index contributed by atoms with van der Waals surface area (Å²) in [6, 6.07) is 0. The van der Waals surface area contributed by atoms with E-state index in [-0.39, 0.29) is 0 Å². The molecule has 0 amide bonds. The van der Waals surface area contributed by atoms with Gasteiger partial charge in [-0.25, -0.2) is 0 Å². The minimum absolute atomic E-state index is 0.297. The number of aliphatic hydroxyl groups is 1. The van der Waals surface area contributed by atoms with Crippen molar-refractivity contribution in [3.8, 4) is 0 Å². The molecule has 118 valence electrons. The van der Waals surface area contributed by atoms with Crippen LogP contribution in [-0.4, -0.2) is 28.8 Å². The first-order chi connectivity index (χ1) is 9.50. The fraction of sp³-hybridized carbons (Fsp3) is 1.00. The second kappa shape index (κ2) is 7.17. The lowest BCUT2D eigenvalue weighted by molar-refractivity contribution is 0.0890. The summed E-state index contributed by atoms with van der Waals surface area (Å²) < 4.78 is 4.50. The third kappa shape index (κ3) is 3.45. The van der Waals surface area contributed by atoms with Gasteiger partial charge in [0.15, 0.2) is 0 Å². The van der Waals surface area contributed by atoms with Gasteiger partial charge < -0.3 is 9.84 Å². The Bertz CT molecular complexity index is 305. The Kier molecular flexibility index (Phi) is 6.05. The molecule has 0 aromatic carbocycles. The number of hydrogen-bond donors (Lipinski definition) is 1. The molecule has 2 aliphatic rings. The van der Waals surface area contributed by atoms with E-state index in [1.54, 1.807) is 7.11 Å². The molecule has 0 radical (unpaired) electrons. The van der Waals surface area contributed by atoms with Gasteiger partial charge in [-0.15, -0.1) is 0 Å². The number of methoxy groups -OCH3 is 1. The molecule has 20 heavy (non-hydrogen) atoms. The Morgan fingerprint density at radius 1 is 1.30 bits per heavy atom. The molecule has 0 aliphatic heterocycles. The summed E-state index contributed by atoms with van der Waals surface area (Å²) >= 11 is 12.8. The van der Waals surface area contributed by atoms with Crippen LogP contribution in [0.15, 0.2) is 0 Å². The lowest BCUT2D eigenvalue weighted by atomic mass is 9.87. The van der Waals surface area contributed by atoms with Crippen LogP contribution in [0.25, 0.3) is 0 Å². The first kappa shape index (κ1) is 16.9. The topological polar surface area (TPSA) is 29.5 Å². The van der Waals surface area contributed by atoms with Crippen molar-refractivity contribution in [3.05, 3.63) is 0 Å². The van der Waals surface area contributed by atoms with Crippen molar-refractivity contribution in [2.45, 2.75) is 74.8 Å². The first-order valence-corrected chi connectivity index (χ1v) is 8.84. The molecule has 0 aromatic heterocycles. The number of unbranched alkanes of at least 4 members (excludes halogenated alkanes) is 1. The van der Waals surface area contributed by atoms with Crippen LogP contribution >= 0.6 is 23.2 Å². The zero-order valence-electron chi connectivity index (χ0n) is 12.7. The van der Waals surface area contributed by atoms with Crippen molar-refractivity contribution in [1.29, 1.82) is 0 Å². The lowest BCUT2D eigenvalue weighted by Gasteiger charge is -2.29. The number of fused-ring (bicyclic) bond motifs is 1. The number of halogens is 2. The Morgan fingerprint density at radius 2 is 2.05 bits per heavy atom. The summed E-state index contributed by atoms with van der Waals surface area (Å²) in [6.07, 6.45) is 8.90. The molecule has 2 rings (SSSR count). The highest BCUT2D eigenvalue weighted by Crippen LogP contribution is 2.58. The van der Waals surface area contributed by atoms with Crippen molar-refractivity contribution >= 4 is 23.2 Å². The second-order valence-electron chi connectivity index (χ2n) is 6.60. The van der Waals surface area contributed by atoms with Crippen LogP contribution in [0.4, 0.5) is 0 Å². The molecule has 5 unspecified atom stereocenters. The van der Waals surface area contributed by atoms with E-state index in [4.69, 9.17) is 27.9 Å². The van der Waals surface area contributed by atoms with Gasteiger partial charge in [0.05, 0.1) is 12.2 Å². The molecule has 0 bridgehead atoms. The van der Waals surface area contributed by atoms with Crippen LogP contribution in [0.1, 0.15) is 58.3 Å². The zero-order valence-corrected chi connectivity index (χ0v) is 14.2. The SMILES string of the molecule is CCC(CCCCC1CCC2CC(O)C(Cl)(Cl)C12)OC. The van der Waals surface area contributed by atoms with E-state index in [0.29, 0.717) is 23.9 Å². The Labute approximate surface area is 133 Å². The fourth-order valence-electron chi connectivity index (χ4n) is 4.32. The van der Waals surface area contributed by atoms with Crippen molar-refractivity contribution in [3.63, 3.8) is 0 Å². The van der Waals surface area contributed by atoms with E-state index < -0.39 is 10.4 Å². The van der Waals surface area contributed by atoms with Crippen LogP contribution in [0, 0.1) is 17.8 Å². The molecule has 0 saturated heterocycles. The van der Waals surface area contributed by atoms with Crippen LogP contribution in [0.5, 0.6) is 0 Å². The average molecular weight is 323 g/mol. The monoisotopic (exact) mass is 322 g/mol. The highest BCUT2D eigenvalue weighted by Gasteiger charge is 2.57. The maximum absolute atomic E-state index is 10.0. The molecule has 0 spiro atoms. The minimum atomic E-state index is -0.912. The molecule has 2 fully saturated rings. The van der Waals surface area contributed by atoms with E-state index in [0.717, 1.165) is 19.3 Å². The molecule has 0 heterocycles. The van der Waals surface area contributed by atoms with Gasteiger partial charge in [-0.2, -0.15) is 0 Å². The number of alkyl halides is 2. The summed E-state index contributed by atoms with van der Waals surface area (Å²) in [7, 11) is 1.80. The van der Waals surface area contributed by atoms with Gasteiger partial charge in [0.2, 0.25) is 0 Å². The molecular formula is C16H28Cl2O2. The highest BCUT2D eigenvalue weighted by molar-refractivity contribution is 6.49. The molecule has 5 atom stereocenters. The van der Waals surface area contributed by atoms with Crippen molar-refractivity contribution in [1.82, 2.24) is 0 Å². The third-order valence-corrected chi connectivity index (χ3v) is 6.49. The van der Waals surface area contributed by atoms with E-state index in [1.807, 2.05) is 0 Å². The largest absolute Gasteiger partial charge is 0.390 e. The van der Waals surface area contributed by atoms with Gasteiger partial charge >= 0.3 is 0 Å². The molecule has 2 nitrogen and oxygen atoms in total. The van der Waals surface area contributed by atoms with Gasteiger partial charge in [-0.3, -0.25) is 0 Å². The summed E-state index contributed by atoms with van der Waals surface area (Å²) in [5.41, 5.74) is 0. The van der Waals surface area contributed by atoms with Gasteiger partial charge in [-0.05, 0) is 43.9 Å². The van der Waals surface area contributed by atoms with Gasteiger partial charge in [0.25, 0.3) is 0 Å².